The monoisotopic (exact) mass is 213 g/mol. The molecule has 0 aromatic carbocycles. The number of aliphatic carboxylic acids is 1. The molecule has 0 aliphatic heterocycles. The van der Waals surface area contributed by atoms with E-state index >= 15 is 0 Å². The predicted octanol–water partition coefficient (Wildman–Crippen LogP) is 2.12. The summed E-state index contributed by atoms with van der Waals surface area (Å²) in [4.78, 5) is 11.0. The molecule has 0 aromatic heterocycles. The molecule has 1 rings (SSSR count). The molecule has 1 aliphatic carbocycles. The third-order valence-corrected chi connectivity index (χ3v) is 3.70. The van der Waals surface area contributed by atoms with Gasteiger partial charge in [-0.2, -0.15) is 0 Å². The van der Waals surface area contributed by atoms with Gasteiger partial charge in [-0.05, 0) is 30.1 Å². The van der Waals surface area contributed by atoms with Gasteiger partial charge in [0.1, 0.15) is 6.04 Å². The van der Waals surface area contributed by atoms with E-state index in [1.165, 1.54) is 0 Å². The zero-order valence-corrected chi connectivity index (χ0v) is 10.2. The average Bonchev–Trinajstić information content (AvgIpc) is 2.87. The Balaban J connectivity index is 2.43. The minimum Gasteiger partial charge on any atom is -0.480 e. The van der Waals surface area contributed by atoms with Crippen LogP contribution >= 0.6 is 0 Å². The highest BCUT2D eigenvalue weighted by Gasteiger charge is 2.37. The van der Waals surface area contributed by atoms with Gasteiger partial charge < -0.3 is 10.4 Å². The molecule has 0 spiro atoms. The summed E-state index contributed by atoms with van der Waals surface area (Å²) in [7, 11) is 0. The largest absolute Gasteiger partial charge is 0.480 e. The summed E-state index contributed by atoms with van der Waals surface area (Å²) >= 11 is 0. The summed E-state index contributed by atoms with van der Waals surface area (Å²) in [6.07, 6.45) is 2.12. The van der Waals surface area contributed by atoms with Crippen LogP contribution in [0, 0.1) is 17.3 Å². The van der Waals surface area contributed by atoms with Crippen molar-refractivity contribution >= 4 is 5.97 Å². The molecule has 0 heterocycles. The Bertz CT molecular complexity index is 232. The van der Waals surface area contributed by atoms with Gasteiger partial charge in [0, 0.05) is 6.54 Å². The smallest absolute Gasteiger partial charge is 0.320 e. The molecule has 3 nitrogen and oxygen atoms in total. The van der Waals surface area contributed by atoms with E-state index in [9.17, 15) is 4.79 Å². The van der Waals surface area contributed by atoms with Gasteiger partial charge in [0.2, 0.25) is 0 Å². The minimum absolute atomic E-state index is 0.155. The standard InChI is InChI=1S/C12H23NO2/c1-8(2)12(3,4)7-13-10(11(14)15)9-5-6-9/h8-10,13H,5-7H2,1-4H3,(H,14,15). The van der Waals surface area contributed by atoms with Crippen molar-refractivity contribution in [2.75, 3.05) is 6.54 Å². The molecular weight excluding hydrogens is 190 g/mol. The van der Waals surface area contributed by atoms with Crippen LogP contribution in [-0.2, 0) is 4.79 Å². The molecule has 88 valence electrons. The van der Waals surface area contributed by atoms with Crippen molar-refractivity contribution in [2.45, 2.75) is 46.6 Å². The lowest BCUT2D eigenvalue weighted by molar-refractivity contribution is -0.140. The quantitative estimate of drug-likeness (QED) is 0.710. The van der Waals surface area contributed by atoms with Crippen LogP contribution in [0.4, 0.5) is 0 Å². The Labute approximate surface area is 92.3 Å². The number of rotatable bonds is 6. The number of hydrogen-bond donors (Lipinski definition) is 2. The lowest BCUT2D eigenvalue weighted by Gasteiger charge is -2.31. The van der Waals surface area contributed by atoms with Crippen LogP contribution in [0.1, 0.15) is 40.5 Å². The number of carbonyl (C=O) groups is 1. The van der Waals surface area contributed by atoms with Crippen LogP contribution in [0.25, 0.3) is 0 Å². The molecular formula is C12H23NO2. The molecule has 2 N–H and O–H groups in total. The minimum atomic E-state index is -0.697. The van der Waals surface area contributed by atoms with Crippen molar-refractivity contribution in [1.29, 1.82) is 0 Å². The summed E-state index contributed by atoms with van der Waals surface area (Å²) in [6, 6.07) is -0.331. The topological polar surface area (TPSA) is 49.3 Å². The first-order chi connectivity index (χ1) is 6.84. The number of carboxylic acid groups (broad SMARTS) is 1. The van der Waals surface area contributed by atoms with Crippen LogP contribution in [0.3, 0.4) is 0 Å². The highest BCUT2D eigenvalue weighted by atomic mass is 16.4. The van der Waals surface area contributed by atoms with E-state index in [1.54, 1.807) is 0 Å². The molecule has 1 aliphatic rings. The van der Waals surface area contributed by atoms with E-state index < -0.39 is 5.97 Å². The molecule has 1 saturated carbocycles. The third-order valence-electron chi connectivity index (χ3n) is 3.70. The molecule has 0 radical (unpaired) electrons. The van der Waals surface area contributed by atoms with Crippen molar-refractivity contribution in [2.24, 2.45) is 17.3 Å². The van der Waals surface area contributed by atoms with Crippen LogP contribution < -0.4 is 5.32 Å². The van der Waals surface area contributed by atoms with E-state index in [4.69, 9.17) is 5.11 Å². The van der Waals surface area contributed by atoms with E-state index in [1.807, 2.05) is 0 Å². The van der Waals surface area contributed by atoms with Crippen LogP contribution in [0.5, 0.6) is 0 Å². The lowest BCUT2D eigenvalue weighted by atomic mass is 9.81. The Hall–Kier alpha value is -0.570. The third kappa shape index (κ3) is 3.49. The predicted molar refractivity (Wildman–Crippen MR) is 60.8 cm³/mol. The summed E-state index contributed by atoms with van der Waals surface area (Å²) in [5.41, 5.74) is 0.155. The van der Waals surface area contributed by atoms with Crippen molar-refractivity contribution < 1.29 is 9.90 Å². The van der Waals surface area contributed by atoms with Crippen LogP contribution in [0.2, 0.25) is 0 Å². The first-order valence-electron chi connectivity index (χ1n) is 5.81. The molecule has 3 heteroatoms. The second kappa shape index (κ2) is 4.52. The van der Waals surface area contributed by atoms with Gasteiger partial charge in [-0.1, -0.05) is 27.7 Å². The first kappa shape index (κ1) is 12.5. The van der Waals surface area contributed by atoms with Gasteiger partial charge >= 0.3 is 5.97 Å². The van der Waals surface area contributed by atoms with Gasteiger partial charge in [0.25, 0.3) is 0 Å². The maximum absolute atomic E-state index is 11.0. The fourth-order valence-electron chi connectivity index (χ4n) is 1.46. The van der Waals surface area contributed by atoms with Gasteiger partial charge in [0.15, 0.2) is 0 Å². The van der Waals surface area contributed by atoms with E-state index in [2.05, 4.69) is 33.0 Å². The molecule has 15 heavy (non-hydrogen) atoms. The van der Waals surface area contributed by atoms with E-state index in [0.29, 0.717) is 11.8 Å². The van der Waals surface area contributed by atoms with Crippen molar-refractivity contribution in [3.63, 3.8) is 0 Å². The number of nitrogens with one attached hydrogen (secondary N) is 1. The molecule has 1 fully saturated rings. The molecule has 0 amide bonds. The van der Waals surface area contributed by atoms with E-state index in [0.717, 1.165) is 19.4 Å². The molecule has 1 unspecified atom stereocenters. The van der Waals surface area contributed by atoms with Crippen LogP contribution in [-0.4, -0.2) is 23.7 Å². The maximum Gasteiger partial charge on any atom is 0.320 e. The Morgan fingerprint density at radius 3 is 2.33 bits per heavy atom. The first-order valence-corrected chi connectivity index (χ1v) is 5.81. The van der Waals surface area contributed by atoms with Gasteiger partial charge in [-0.15, -0.1) is 0 Å². The Morgan fingerprint density at radius 2 is 2.00 bits per heavy atom. The fourth-order valence-corrected chi connectivity index (χ4v) is 1.46. The van der Waals surface area contributed by atoms with Crippen LogP contribution in [0.15, 0.2) is 0 Å². The van der Waals surface area contributed by atoms with Gasteiger partial charge in [0.05, 0.1) is 0 Å². The fraction of sp³-hybridized carbons (Fsp3) is 0.917. The summed E-state index contributed by atoms with van der Waals surface area (Å²) in [5.74, 6) is 0.223. The normalized spacial score (nSPS) is 19.3. The number of carboxylic acids is 1. The summed E-state index contributed by atoms with van der Waals surface area (Å²) in [5, 5.41) is 12.3. The zero-order valence-electron chi connectivity index (χ0n) is 10.2. The molecule has 0 bridgehead atoms. The van der Waals surface area contributed by atoms with Crippen molar-refractivity contribution in [3.8, 4) is 0 Å². The number of hydrogen-bond acceptors (Lipinski definition) is 2. The van der Waals surface area contributed by atoms with Crippen molar-refractivity contribution in [3.05, 3.63) is 0 Å². The summed E-state index contributed by atoms with van der Waals surface area (Å²) in [6.45, 7) is 9.48. The maximum atomic E-state index is 11.0. The Morgan fingerprint density at radius 1 is 1.47 bits per heavy atom. The van der Waals surface area contributed by atoms with Crippen molar-refractivity contribution in [1.82, 2.24) is 5.32 Å². The second-order valence-electron chi connectivity index (χ2n) is 5.68. The molecule has 0 saturated heterocycles. The summed E-state index contributed by atoms with van der Waals surface area (Å²) < 4.78 is 0. The van der Waals surface area contributed by atoms with Gasteiger partial charge in [-0.3, -0.25) is 4.79 Å². The highest BCUT2D eigenvalue weighted by molar-refractivity contribution is 5.74. The van der Waals surface area contributed by atoms with E-state index in [-0.39, 0.29) is 11.5 Å². The average molecular weight is 213 g/mol. The zero-order chi connectivity index (χ0) is 11.6. The highest BCUT2D eigenvalue weighted by Crippen LogP contribution is 2.33. The lowest BCUT2D eigenvalue weighted by Crippen LogP contribution is -2.44. The SMILES string of the molecule is CC(C)C(C)(C)CNC(C(=O)O)C1CC1. The molecule has 1 atom stereocenters. The Kier molecular flexibility index (Phi) is 3.77. The molecule has 0 aromatic rings. The van der Waals surface area contributed by atoms with Gasteiger partial charge in [-0.25, -0.2) is 0 Å². The second-order valence-corrected chi connectivity index (χ2v) is 5.68.